The molecule has 0 rings (SSSR count). The largest absolute Gasteiger partial charge is 0.412 e. The summed E-state index contributed by atoms with van der Waals surface area (Å²) in [4.78, 5) is 0. The van der Waals surface area contributed by atoms with Crippen molar-refractivity contribution in [1.82, 2.24) is 0 Å². The Morgan fingerprint density at radius 1 is 0.600 bits per heavy atom. The van der Waals surface area contributed by atoms with Crippen LogP contribution >= 0.6 is 37.2 Å². The zero-order chi connectivity index (χ0) is 0. The topological polar surface area (TPSA) is 31.5 Å². The molecule has 0 atom stereocenters. The van der Waals surface area contributed by atoms with Crippen LogP contribution in [-0.4, -0.2) is 5.48 Å². The second kappa shape index (κ2) is 32.3. The third-order valence-electron chi connectivity index (χ3n) is 0. The summed E-state index contributed by atoms with van der Waals surface area (Å²) >= 11 is 0. The molecule has 0 aliphatic carbocycles. The molecule has 0 saturated carbocycles. The van der Waals surface area contributed by atoms with Crippen molar-refractivity contribution in [3.8, 4) is 0 Å². The van der Waals surface area contributed by atoms with Gasteiger partial charge in [-0.15, -0.1) is 37.2 Å². The van der Waals surface area contributed by atoms with E-state index in [1.807, 2.05) is 0 Å². The van der Waals surface area contributed by atoms with Crippen LogP contribution in [0, 0.1) is 49.4 Å². The Morgan fingerprint density at radius 3 is 0.600 bits per heavy atom. The summed E-state index contributed by atoms with van der Waals surface area (Å²) in [5, 5.41) is 0. The molecule has 0 heterocycles. The first-order valence-corrected chi connectivity index (χ1v) is 0. The summed E-state index contributed by atoms with van der Waals surface area (Å²) in [5.41, 5.74) is 0. The normalized spacial score (nSPS) is 0. The minimum Gasteiger partial charge on any atom is -0.412 e. The van der Waals surface area contributed by atoms with E-state index >= 15 is 0 Å². The molecule has 0 bridgehead atoms. The van der Waals surface area contributed by atoms with Gasteiger partial charge in [-0.05, 0) is 0 Å². The van der Waals surface area contributed by atoms with Gasteiger partial charge in [0.15, 0.2) is 0 Å². The van der Waals surface area contributed by atoms with Crippen molar-refractivity contribution in [3.05, 3.63) is 0 Å². The maximum atomic E-state index is 0. The zero-order valence-corrected chi connectivity index (χ0v) is 6.98. The molecule has 0 aliphatic rings. The van der Waals surface area contributed by atoms with Crippen molar-refractivity contribution < 1.29 is 54.9 Å². The molecule has 0 spiro atoms. The van der Waals surface area contributed by atoms with E-state index in [0.717, 1.165) is 0 Å². The number of rotatable bonds is 0. The average Bonchev–Trinajstić information content (AvgIpc) is 0. The van der Waals surface area contributed by atoms with Gasteiger partial charge in [-0.25, -0.2) is 0 Å². The van der Waals surface area contributed by atoms with Gasteiger partial charge in [0, 0.05) is 49.4 Å². The molecule has 0 saturated heterocycles. The van der Waals surface area contributed by atoms with Gasteiger partial charge < -0.3 is 5.48 Å². The minimum atomic E-state index is 0. The molecule has 5 heteroatoms. The summed E-state index contributed by atoms with van der Waals surface area (Å²) in [6, 6.07) is 0. The Kier molecular flexibility index (Phi) is 338. The van der Waals surface area contributed by atoms with Crippen LogP contribution in [0.5, 0.6) is 0 Å². The van der Waals surface area contributed by atoms with Crippen LogP contribution in [0.1, 0.15) is 0 Å². The zero-order valence-electron chi connectivity index (χ0n) is 2.10. The molecule has 0 fully saturated rings. The maximum Gasteiger partial charge on any atom is 0 e. The molecule has 5 heavy (non-hydrogen) atoms. The monoisotopic (exact) mass is 279 g/mol. The van der Waals surface area contributed by atoms with E-state index in [9.17, 15) is 0 Å². The van der Waals surface area contributed by atoms with Crippen molar-refractivity contribution in [2.75, 3.05) is 0 Å². The fourth-order valence-electron chi connectivity index (χ4n) is 0. The average molecular weight is 279 g/mol. The molecule has 39 valence electrons. The van der Waals surface area contributed by atoms with Gasteiger partial charge in [0.25, 0.3) is 0 Å². The molecule has 0 aliphatic heterocycles. The molecule has 1 radical (unpaired) electrons. The van der Waals surface area contributed by atoms with Gasteiger partial charge in [-0.3, -0.25) is 0 Å². The van der Waals surface area contributed by atoms with Crippen molar-refractivity contribution in [3.63, 3.8) is 0 Å². The van der Waals surface area contributed by atoms with E-state index in [0.29, 0.717) is 0 Å². The fraction of sp³-hybridized carbons (Fsp3) is 0. The van der Waals surface area contributed by atoms with Crippen molar-refractivity contribution in [2.45, 2.75) is 0 Å². The van der Waals surface area contributed by atoms with Crippen LogP contribution in [0.25, 0.3) is 0 Å². The molecular formula is H5Cl3EuO. The van der Waals surface area contributed by atoms with Crippen LogP contribution in [-0.2, 0) is 0 Å². The van der Waals surface area contributed by atoms with Gasteiger partial charge in [-0.2, -0.15) is 0 Å². The van der Waals surface area contributed by atoms with Gasteiger partial charge in [-0.1, -0.05) is 0 Å². The molecule has 0 amide bonds. The summed E-state index contributed by atoms with van der Waals surface area (Å²) in [6.07, 6.45) is 0. The number of hydrogen-bond donors (Lipinski definition) is 0. The number of hydrogen-bond acceptors (Lipinski definition) is 0. The first-order chi connectivity index (χ1) is 0. The van der Waals surface area contributed by atoms with E-state index in [4.69, 9.17) is 0 Å². The smallest absolute Gasteiger partial charge is 0 e. The van der Waals surface area contributed by atoms with E-state index < -0.39 is 0 Å². The standard InChI is InChI=1S/3ClH.Eu.H2O/h3*1H;;1H2. The summed E-state index contributed by atoms with van der Waals surface area (Å²) in [7, 11) is 0. The Morgan fingerprint density at radius 2 is 0.600 bits per heavy atom. The summed E-state index contributed by atoms with van der Waals surface area (Å²) in [5.74, 6) is 0. The summed E-state index contributed by atoms with van der Waals surface area (Å²) < 4.78 is 0. The molecule has 0 aromatic heterocycles. The van der Waals surface area contributed by atoms with E-state index in [1.165, 1.54) is 0 Å². The first-order valence-electron chi connectivity index (χ1n) is 0. The van der Waals surface area contributed by atoms with Crippen LogP contribution < -0.4 is 0 Å². The van der Waals surface area contributed by atoms with Crippen molar-refractivity contribution >= 4 is 37.2 Å². The molecule has 0 unspecified atom stereocenters. The first kappa shape index (κ1) is 52.3. The summed E-state index contributed by atoms with van der Waals surface area (Å²) in [6.45, 7) is 0. The maximum absolute atomic E-state index is 0. The third kappa shape index (κ3) is 21.4. The van der Waals surface area contributed by atoms with Crippen LogP contribution in [0.15, 0.2) is 0 Å². The Balaban J connectivity index is 0. The Labute approximate surface area is 90.3 Å². The second-order valence-corrected chi connectivity index (χ2v) is 0. The van der Waals surface area contributed by atoms with Gasteiger partial charge >= 0.3 is 0 Å². The van der Waals surface area contributed by atoms with Crippen LogP contribution in [0.3, 0.4) is 0 Å². The Bertz CT molecular complexity index is 6.85. The molecule has 1 nitrogen and oxygen atoms in total. The third-order valence-corrected chi connectivity index (χ3v) is 0. The van der Waals surface area contributed by atoms with Crippen molar-refractivity contribution in [2.24, 2.45) is 0 Å². The van der Waals surface area contributed by atoms with E-state index in [-0.39, 0.29) is 92.1 Å². The van der Waals surface area contributed by atoms with Crippen LogP contribution in [0.4, 0.5) is 0 Å². The molecule has 2 N–H and O–H groups in total. The van der Waals surface area contributed by atoms with Gasteiger partial charge in [0.2, 0.25) is 0 Å². The molecule has 0 aromatic carbocycles. The second-order valence-electron chi connectivity index (χ2n) is 0. The number of halogens is 3. The molecular weight excluding hydrogens is 274 g/mol. The predicted octanol–water partition coefficient (Wildman–Crippen LogP) is 0.441. The minimum absolute atomic E-state index is 0. The quantitative estimate of drug-likeness (QED) is 0.616. The fourth-order valence-corrected chi connectivity index (χ4v) is 0. The predicted molar refractivity (Wildman–Crippen MR) is 25.4 cm³/mol. The SMILES string of the molecule is Cl.Cl.Cl.O.[Eu]. The van der Waals surface area contributed by atoms with E-state index in [1.54, 1.807) is 0 Å². The van der Waals surface area contributed by atoms with Crippen LogP contribution in [0.2, 0.25) is 0 Å². The molecule has 0 aromatic rings. The van der Waals surface area contributed by atoms with Gasteiger partial charge in [0.1, 0.15) is 0 Å². The van der Waals surface area contributed by atoms with Crippen molar-refractivity contribution in [1.29, 1.82) is 0 Å². The van der Waals surface area contributed by atoms with Gasteiger partial charge in [0.05, 0.1) is 0 Å². The Hall–Kier alpha value is 2.41. The van der Waals surface area contributed by atoms with E-state index in [2.05, 4.69) is 0 Å².